The van der Waals surface area contributed by atoms with Crippen molar-refractivity contribution in [3.63, 3.8) is 0 Å². The predicted molar refractivity (Wildman–Crippen MR) is 70.6 cm³/mol. The van der Waals surface area contributed by atoms with Crippen molar-refractivity contribution in [1.82, 2.24) is 10.2 Å². The molecule has 1 fully saturated rings. The van der Waals surface area contributed by atoms with Crippen LogP contribution >= 0.6 is 0 Å². The van der Waals surface area contributed by atoms with E-state index in [-0.39, 0.29) is 5.91 Å². The molecule has 2 unspecified atom stereocenters. The van der Waals surface area contributed by atoms with Gasteiger partial charge in [0, 0.05) is 29.5 Å². The molecule has 2 aliphatic rings. The highest BCUT2D eigenvalue weighted by atomic mass is 16.1. The highest BCUT2D eigenvalue weighted by Crippen LogP contribution is 2.45. The largest absolute Gasteiger partial charge is 0.309 e. The van der Waals surface area contributed by atoms with Gasteiger partial charge < -0.3 is 5.32 Å². The maximum absolute atomic E-state index is 11.8. The summed E-state index contributed by atoms with van der Waals surface area (Å²) in [6.07, 6.45) is 5.55. The van der Waals surface area contributed by atoms with Crippen LogP contribution in [0, 0.1) is 5.92 Å². The van der Waals surface area contributed by atoms with Crippen LogP contribution in [-0.2, 0) is 4.79 Å². The van der Waals surface area contributed by atoms with Gasteiger partial charge in [0.2, 0.25) is 5.91 Å². The highest BCUT2D eigenvalue weighted by Gasteiger charge is 2.36. The minimum absolute atomic E-state index is 0.111. The molecule has 1 aliphatic carbocycles. The normalized spacial score (nSPS) is 25.2. The molecule has 18 heavy (non-hydrogen) atoms. The quantitative estimate of drug-likeness (QED) is 0.862. The number of aromatic nitrogens is 2. The number of amides is 1. The Bertz CT molecular complexity index is 462. The standard InChI is InChI=1S/C14H21N3O/c1-3-8(2)10-7-11(18)15-14-12(10)13(16-17-14)9-5-4-6-9/h8-10H,3-7H2,1-2H3,(H2,15,16,17,18). The number of anilines is 1. The molecule has 0 aromatic carbocycles. The number of carbonyl (C=O) groups excluding carboxylic acids is 1. The maximum atomic E-state index is 11.8. The van der Waals surface area contributed by atoms with E-state index in [1.807, 2.05) is 0 Å². The van der Waals surface area contributed by atoms with E-state index in [0.717, 1.165) is 12.2 Å². The number of aromatic amines is 1. The van der Waals surface area contributed by atoms with Crippen LogP contribution in [0.4, 0.5) is 5.82 Å². The molecule has 0 saturated heterocycles. The van der Waals surface area contributed by atoms with Crippen molar-refractivity contribution < 1.29 is 4.79 Å². The van der Waals surface area contributed by atoms with Crippen LogP contribution in [0.3, 0.4) is 0 Å². The van der Waals surface area contributed by atoms with Gasteiger partial charge in [-0.1, -0.05) is 26.7 Å². The zero-order valence-electron chi connectivity index (χ0n) is 11.1. The van der Waals surface area contributed by atoms with E-state index in [2.05, 4.69) is 29.4 Å². The molecule has 1 aliphatic heterocycles. The zero-order valence-corrected chi connectivity index (χ0v) is 11.1. The Morgan fingerprint density at radius 3 is 2.83 bits per heavy atom. The average Bonchev–Trinajstić information content (AvgIpc) is 2.68. The maximum Gasteiger partial charge on any atom is 0.226 e. The third-order valence-electron chi connectivity index (χ3n) is 4.71. The number of rotatable bonds is 3. The number of hydrogen-bond acceptors (Lipinski definition) is 2. The van der Waals surface area contributed by atoms with Gasteiger partial charge in [-0.25, -0.2) is 0 Å². The Balaban J connectivity index is 1.99. The molecule has 98 valence electrons. The van der Waals surface area contributed by atoms with Gasteiger partial charge in [-0.15, -0.1) is 0 Å². The van der Waals surface area contributed by atoms with Crippen molar-refractivity contribution in [1.29, 1.82) is 0 Å². The molecule has 2 heterocycles. The smallest absolute Gasteiger partial charge is 0.226 e. The molecule has 0 radical (unpaired) electrons. The zero-order chi connectivity index (χ0) is 12.7. The van der Waals surface area contributed by atoms with Crippen molar-refractivity contribution >= 4 is 11.7 Å². The van der Waals surface area contributed by atoms with Crippen LogP contribution in [0.1, 0.15) is 69.0 Å². The van der Waals surface area contributed by atoms with E-state index in [1.165, 1.54) is 30.5 Å². The number of carbonyl (C=O) groups is 1. The van der Waals surface area contributed by atoms with Gasteiger partial charge in [0.05, 0.1) is 0 Å². The Morgan fingerprint density at radius 2 is 2.22 bits per heavy atom. The first-order chi connectivity index (χ1) is 8.70. The van der Waals surface area contributed by atoms with Crippen LogP contribution in [-0.4, -0.2) is 16.1 Å². The molecular formula is C14H21N3O. The fourth-order valence-electron chi connectivity index (χ4n) is 3.10. The third kappa shape index (κ3) is 1.74. The van der Waals surface area contributed by atoms with Crippen molar-refractivity contribution in [2.24, 2.45) is 5.92 Å². The summed E-state index contributed by atoms with van der Waals surface area (Å²) in [6.45, 7) is 4.44. The van der Waals surface area contributed by atoms with E-state index in [4.69, 9.17) is 0 Å². The molecule has 2 atom stereocenters. The van der Waals surface area contributed by atoms with Crippen LogP contribution in [0.5, 0.6) is 0 Å². The first-order valence-electron chi connectivity index (χ1n) is 7.08. The number of fused-ring (bicyclic) bond motifs is 1. The van der Waals surface area contributed by atoms with E-state index in [0.29, 0.717) is 24.2 Å². The summed E-state index contributed by atoms with van der Waals surface area (Å²) in [5, 5.41) is 10.4. The van der Waals surface area contributed by atoms with Crippen LogP contribution < -0.4 is 5.32 Å². The van der Waals surface area contributed by atoms with Gasteiger partial charge in [0.15, 0.2) is 5.82 Å². The number of hydrogen-bond donors (Lipinski definition) is 2. The lowest BCUT2D eigenvalue weighted by molar-refractivity contribution is -0.117. The second-order valence-corrected chi connectivity index (χ2v) is 5.77. The van der Waals surface area contributed by atoms with Crippen LogP contribution in [0.15, 0.2) is 0 Å². The highest BCUT2D eigenvalue weighted by molar-refractivity contribution is 5.93. The molecule has 1 saturated carbocycles. The predicted octanol–water partition coefficient (Wildman–Crippen LogP) is 3.15. The SMILES string of the molecule is CCC(C)C1CC(=O)Nc2n[nH]c(C3CCC3)c21. The lowest BCUT2D eigenvalue weighted by Crippen LogP contribution is -2.27. The Hall–Kier alpha value is -1.32. The number of H-pyrrole nitrogens is 1. The molecule has 4 heteroatoms. The minimum Gasteiger partial charge on any atom is -0.309 e. The molecule has 1 aromatic heterocycles. The van der Waals surface area contributed by atoms with Crippen LogP contribution in [0.25, 0.3) is 0 Å². The van der Waals surface area contributed by atoms with Crippen molar-refractivity contribution in [3.05, 3.63) is 11.3 Å². The van der Waals surface area contributed by atoms with E-state index in [9.17, 15) is 4.79 Å². The summed E-state index contributed by atoms with van der Waals surface area (Å²) in [6, 6.07) is 0. The second-order valence-electron chi connectivity index (χ2n) is 5.77. The molecule has 1 amide bonds. The van der Waals surface area contributed by atoms with Gasteiger partial charge in [0.25, 0.3) is 0 Å². The topological polar surface area (TPSA) is 57.8 Å². The fraction of sp³-hybridized carbons (Fsp3) is 0.714. The molecule has 4 nitrogen and oxygen atoms in total. The van der Waals surface area contributed by atoms with Gasteiger partial charge in [-0.3, -0.25) is 9.89 Å². The van der Waals surface area contributed by atoms with Crippen molar-refractivity contribution in [3.8, 4) is 0 Å². The molecule has 1 aromatic rings. The Morgan fingerprint density at radius 1 is 1.44 bits per heavy atom. The van der Waals surface area contributed by atoms with E-state index in [1.54, 1.807) is 0 Å². The molecule has 3 rings (SSSR count). The van der Waals surface area contributed by atoms with Gasteiger partial charge in [-0.05, 0) is 18.8 Å². The number of nitrogens with one attached hydrogen (secondary N) is 2. The molecule has 0 spiro atoms. The first-order valence-corrected chi connectivity index (χ1v) is 7.08. The number of nitrogens with zero attached hydrogens (tertiary/aromatic N) is 1. The monoisotopic (exact) mass is 247 g/mol. The fourth-order valence-corrected chi connectivity index (χ4v) is 3.10. The van der Waals surface area contributed by atoms with Crippen LogP contribution in [0.2, 0.25) is 0 Å². The van der Waals surface area contributed by atoms with Crippen molar-refractivity contribution in [2.75, 3.05) is 5.32 Å². The molecule has 0 bridgehead atoms. The summed E-state index contributed by atoms with van der Waals surface area (Å²) in [4.78, 5) is 11.8. The minimum atomic E-state index is 0.111. The van der Waals surface area contributed by atoms with Crippen molar-refractivity contribution in [2.45, 2.75) is 57.8 Å². The Kier molecular flexibility index (Phi) is 2.88. The summed E-state index contributed by atoms with van der Waals surface area (Å²) >= 11 is 0. The van der Waals surface area contributed by atoms with Gasteiger partial charge >= 0.3 is 0 Å². The van der Waals surface area contributed by atoms with E-state index >= 15 is 0 Å². The summed E-state index contributed by atoms with van der Waals surface area (Å²) in [7, 11) is 0. The lowest BCUT2D eigenvalue weighted by atomic mass is 9.75. The third-order valence-corrected chi connectivity index (χ3v) is 4.71. The summed E-state index contributed by atoms with van der Waals surface area (Å²) in [5.74, 6) is 2.42. The molecular weight excluding hydrogens is 226 g/mol. The Labute approximate surface area is 108 Å². The molecule has 2 N–H and O–H groups in total. The first kappa shape index (κ1) is 11.8. The van der Waals surface area contributed by atoms with E-state index < -0.39 is 0 Å². The average molecular weight is 247 g/mol. The summed E-state index contributed by atoms with van der Waals surface area (Å²) < 4.78 is 0. The summed E-state index contributed by atoms with van der Waals surface area (Å²) in [5.41, 5.74) is 2.59. The van der Waals surface area contributed by atoms with Gasteiger partial charge in [0.1, 0.15) is 0 Å². The second kappa shape index (κ2) is 4.41. The lowest BCUT2D eigenvalue weighted by Gasteiger charge is -2.31. The van der Waals surface area contributed by atoms with Gasteiger partial charge in [-0.2, -0.15) is 5.10 Å².